The van der Waals surface area contributed by atoms with Crippen molar-refractivity contribution in [1.29, 1.82) is 0 Å². The lowest BCUT2D eigenvalue weighted by atomic mass is 10.3. The van der Waals surface area contributed by atoms with E-state index in [1.54, 1.807) is 22.7 Å². The third kappa shape index (κ3) is 5.51. The van der Waals surface area contributed by atoms with Crippen LogP contribution in [0.1, 0.15) is 28.1 Å². The van der Waals surface area contributed by atoms with Gasteiger partial charge in [-0.15, -0.1) is 35.3 Å². The predicted molar refractivity (Wildman–Crippen MR) is 108 cm³/mol. The highest BCUT2D eigenvalue weighted by molar-refractivity contribution is 14.0. The van der Waals surface area contributed by atoms with E-state index in [0.29, 0.717) is 6.54 Å². The smallest absolute Gasteiger partial charge is 0.194 e. The molecule has 0 saturated carbocycles. The predicted octanol–water partition coefficient (Wildman–Crippen LogP) is 4.04. The number of nitrogens with one attached hydrogen (secondary N) is 1. The van der Waals surface area contributed by atoms with Crippen LogP contribution in [0.15, 0.2) is 21.8 Å². The molecule has 0 aliphatic rings. The van der Waals surface area contributed by atoms with Crippen LogP contribution in [0.5, 0.6) is 0 Å². The molecule has 0 radical (unpaired) electrons. The quantitative estimate of drug-likeness (QED) is 0.425. The van der Waals surface area contributed by atoms with E-state index in [9.17, 15) is 0 Å². The molecule has 2 aromatic heterocycles. The highest BCUT2D eigenvalue weighted by Gasteiger charge is 2.09. The SMILES string of the molecule is CCNC(=NCc1sc(C)nc1C)N(C)Cc1ccsc1.I. The number of guanidine groups is 1. The molecular formula is C15H23IN4S2. The molecule has 122 valence electrons. The lowest BCUT2D eigenvalue weighted by Crippen LogP contribution is -2.38. The summed E-state index contributed by atoms with van der Waals surface area (Å²) >= 11 is 3.46. The molecule has 0 aromatic carbocycles. The molecule has 0 unspecified atom stereocenters. The minimum Gasteiger partial charge on any atom is -0.357 e. The fourth-order valence-electron chi connectivity index (χ4n) is 2.07. The van der Waals surface area contributed by atoms with Gasteiger partial charge in [0, 0.05) is 25.0 Å². The number of thiophene rings is 1. The van der Waals surface area contributed by atoms with Gasteiger partial charge in [-0.2, -0.15) is 11.3 Å². The highest BCUT2D eigenvalue weighted by Crippen LogP contribution is 2.18. The van der Waals surface area contributed by atoms with E-state index in [4.69, 9.17) is 4.99 Å². The zero-order valence-corrected chi connectivity index (χ0v) is 17.4. The van der Waals surface area contributed by atoms with E-state index in [-0.39, 0.29) is 24.0 Å². The molecule has 2 heterocycles. The molecule has 0 fully saturated rings. The Balaban J connectivity index is 0.00000242. The molecule has 2 aromatic rings. The topological polar surface area (TPSA) is 40.5 Å². The van der Waals surface area contributed by atoms with Crippen LogP contribution in [0.25, 0.3) is 0 Å². The molecule has 0 spiro atoms. The zero-order chi connectivity index (χ0) is 15.2. The first-order valence-electron chi connectivity index (χ1n) is 7.03. The summed E-state index contributed by atoms with van der Waals surface area (Å²) in [5.41, 5.74) is 2.41. The molecule has 0 bridgehead atoms. The molecule has 0 aliphatic carbocycles. The number of hydrogen-bond acceptors (Lipinski definition) is 4. The number of nitrogens with zero attached hydrogens (tertiary/aromatic N) is 3. The lowest BCUT2D eigenvalue weighted by Gasteiger charge is -2.21. The van der Waals surface area contributed by atoms with E-state index in [0.717, 1.165) is 29.8 Å². The Morgan fingerprint density at radius 3 is 2.73 bits per heavy atom. The van der Waals surface area contributed by atoms with Gasteiger partial charge in [0.25, 0.3) is 0 Å². The molecule has 22 heavy (non-hydrogen) atoms. The second-order valence-corrected chi connectivity index (χ2v) is 6.97. The lowest BCUT2D eigenvalue weighted by molar-refractivity contribution is 0.477. The van der Waals surface area contributed by atoms with E-state index in [2.05, 4.69) is 52.9 Å². The van der Waals surface area contributed by atoms with Crippen LogP contribution in [0, 0.1) is 13.8 Å². The highest BCUT2D eigenvalue weighted by atomic mass is 127. The summed E-state index contributed by atoms with van der Waals surface area (Å²) in [4.78, 5) is 12.6. The van der Waals surface area contributed by atoms with Crippen molar-refractivity contribution in [2.45, 2.75) is 33.9 Å². The van der Waals surface area contributed by atoms with Crippen molar-refractivity contribution >= 4 is 52.6 Å². The number of aryl methyl sites for hydroxylation is 2. The first-order valence-corrected chi connectivity index (χ1v) is 8.79. The summed E-state index contributed by atoms with van der Waals surface area (Å²) in [5, 5.41) is 8.75. The van der Waals surface area contributed by atoms with Gasteiger partial charge in [-0.25, -0.2) is 9.98 Å². The monoisotopic (exact) mass is 450 g/mol. The first-order chi connectivity index (χ1) is 10.1. The maximum atomic E-state index is 4.74. The van der Waals surface area contributed by atoms with Gasteiger partial charge in [0.15, 0.2) is 5.96 Å². The number of aromatic nitrogens is 1. The zero-order valence-electron chi connectivity index (χ0n) is 13.4. The summed E-state index contributed by atoms with van der Waals surface area (Å²) in [7, 11) is 2.07. The number of halogens is 1. The Kier molecular flexibility index (Phi) is 8.34. The van der Waals surface area contributed by atoms with Crippen molar-refractivity contribution in [3.63, 3.8) is 0 Å². The van der Waals surface area contributed by atoms with Gasteiger partial charge in [0.2, 0.25) is 0 Å². The van der Waals surface area contributed by atoms with E-state index in [1.165, 1.54) is 10.4 Å². The van der Waals surface area contributed by atoms with Crippen LogP contribution in [0.4, 0.5) is 0 Å². The second kappa shape index (κ2) is 9.46. The molecule has 0 saturated heterocycles. The van der Waals surface area contributed by atoms with Gasteiger partial charge in [-0.05, 0) is 43.2 Å². The summed E-state index contributed by atoms with van der Waals surface area (Å²) in [6, 6.07) is 2.15. The minimum absolute atomic E-state index is 0. The van der Waals surface area contributed by atoms with Crippen molar-refractivity contribution < 1.29 is 0 Å². The van der Waals surface area contributed by atoms with Crippen LogP contribution in [0.3, 0.4) is 0 Å². The second-order valence-electron chi connectivity index (χ2n) is 4.90. The fourth-order valence-corrected chi connectivity index (χ4v) is 3.59. The Morgan fingerprint density at radius 1 is 1.41 bits per heavy atom. The maximum Gasteiger partial charge on any atom is 0.194 e. The van der Waals surface area contributed by atoms with Crippen molar-refractivity contribution in [2.75, 3.05) is 13.6 Å². The molecule has 0 atom stereocenters. The van der Waals surface area contributed by atoms with Gasteiger partial charge in [-0.3, -0.25) is 0 Å². The number of hydrogen-bond donors (Lipinski definition) is 1. The summed E-state index contributed by atoms with van der Waals surface area (Å²) in [6.07, 6.45) is 0. The molecule has 1 N–H and O–H groups in total. The Labute approximate surface area is 157 Å². The summed E-state index contributed by atoms with van der Waals surface area (Å²) in [6.45, 7) is 8.61. The standard InChI is InChI=1S/C15H22N4S2.HI/c1-5-16-15(19(4)9-13-6-7-20-10-13)17-8-14-11(2)18-12(3)21-14;/h6-7,10H,5,8-9H2,1-4H3,(H,16,17);1H. The summed E-state index contributed by atoms with van der Waals surface area (Å²) in [5.74, 6) is 0.939. The first kappa shape index (κ1) is 19.4. The van der Waals surface area contributed by atoms with E-state index in [1.807, 2.05) is 6.92 Å². The van der Waals surface area contributed by atoms with Gasteiger partial charge < -0.3 is 10.2 Å². The molecule has 7 heteroatoms. The van der Waals surface area contributed by atoms with E-state index < -0.39 is 0 Å². The largest absolute Gasteiger partial charge is 0.357 e. The Bertz CT molecular complexity index is 593. The van der Waals surface area contributed by atoms with Crippen LogP contribution in [-0.2, 0) is 13.1 Å². The average Bonchev–Trinajstić information content (AvgIpc) is 3.04. The van der Waals surface area contributed by atoms with Crippen molar-refractivity contribution in [3.05, 3.63) is 38.0 Å². The third-order valence-electron chi connectivity index (χ3n) is 3.07. The fraction of sp³-hybridized carbons (Fsp3) is 0.467. The maximum absolute atomic E-state index is 4.74. The van der Waals surface area contributed by atoms with Crippen LogP contribution >= 0.6 is 46.7 Å². The molecule has 4 nitrogen and oxygen atoms in total. The Morgan fingerprint density at radius 2 is 2.18 bits per heavy atom. The van der Waals surface area contributed by atoms with Gasteiger partial charge in [-0.1, -0.05) is 0 Å². The van der Waals surface area contributed by atoms with Crippen molar-refractivity contribution in [2.24, 2.45) is 4.99 Å². The van der Waals surface area contributed by atoms with Gasteiger partial charge >= 0.3 is 0 Å². The number of thiazole rings is 1. The molecule has 2 rings (SSSR count). The van der Waals surface area contributed by atoms with Crippen LogP contribution < -0.4 is 5.32 Å². The Hall–Kier alpha value is -0.670. The summed E-state index contributed by atoms with van der Waals surface area (Å²) < 4.78 is 0. The average molecular weight is 450 g/mol. The van der Waals surface area contributed by atoms with Gasteiger partial charge in [0.05, 0.1) is 17.2 Å². The van der Waals surface area contributed by atoms with Crippen LogP contribution in [-0.4, -0.2) is 29.4 Å². The number of rotatable bonds is 5. The van der Waals surface area contributed by atoms with E-state index >= 15 is 0 Å². The number of aliphatic imine (C=N–C) groups is 1. The molecule has 0 aliphatic heterocycles. The van der Waals surface area contributed by atoms with Crippen LogP contribution in [0.2, 0.25) is 0 Å². The minimum atomic E-state index is 0. The van der Waals surface area contributed by atoms with Gasteiger partial charge in [0.1, 0.15) is 0 Å². The van der Waals surface area contributed by atoms with Crippen molar-refractivity contribution in [1.82, 2.24) is 15.2 Å². The normalized spacial score (nSPS) is 11.2. The third-order valence-corrected chi connectivity index (χ3v) is 4.86. The molecular weight excluding hydrogens is 427 g/mol. The molecule has 0 amide bonds. The van der Waals surface area contributed by atoms with Crippen molar-refractivity contribution in [3.8, 4) is 0 Å².